The van der Waals surface area contributed by atoms with Gasteiger partial charge in [0.1, 0.15) is 22.8 Å². The van der Waals surface area contributed by atoms with Gasteiger partial charge in [0, 0.05) is 47.7 Å². The van der Waals surface area contributed by atoms with Gasteiger partial charge in [0.25, 0.3) is 0 Å². The lowest BCUT2D eigenvalue weighted by molar-refractivity contribution is 0.533. The molecule has 2 fully saturated rings. The molecule has 7 rings (SSSR count). The first-order valence-electron chi connectivity index (χ1n) is 11.8. The summed E-state index contributed by atoms with van der Waals surface area (Å²) >= 11 is 6.68. The molecular formula is C26H23ClFN7. The summed E-state index contributed by atoms with van der Waals surface area (Å²) in [6.45, 7) is 2.04. The Labute approximate surface area is 205 Å². The highest BCUT2D eigenvalue weighted by atomic mass is 35.5. The molecule has 9 heteroatoms. The Bertz CT molecular complexity index is 1590. The van der Waals surface area contributed by atoms with Gasteiger partial charge >= 0.3 is 0 Å². The normalized spacial score (nSPS) is 23.7. The van der Waals surface area contributed by atoms with Crippen LogP contribution in [0.15, 0.2) is 54.9 Å². The number of fused-ring (bicyclic) bond motifs is 3. The minimum absolute atomic E-state index is 0.165. The van der Waals surface area contributed by atoms with Gasteiger partial charge in [-0.2, -0.15) is 5.10 Å². The molecule has 176 valence electrons. The lowest BCUT2D eigenvalue weighted by atomic mass is 9.91. The van der Waals surface area contributed by atoms with E-state index in [1.807, 2.05) is 36.5 Å². The number of anilines is 1. The van der Waals surface area contributed by atoms with Crippen molar-refractivity contribution in [3.8, 4) is 11.3 Å². The molecule has 5 aromatic rings. The van der Waals surface area contributed by atoms with Crippen molar-refractivity contribution in [2.24, 2.45) is 17.6 Å². The summed E-state index contributed by atoms with van der Waals surface area (Å²) < 4.78 is 14.7. The summed E-state index contributed by atoms with van der Waals surface area (Å²) in [6, 6.07) is 12.9. The number of nitrogens with one attached hydrogen (secondary N) is 2. The minimum atomic E-state index is -0.299. The van der Waals surface area contributed by atoms with Crippen LogP contribution in [0.2, 0.25) is 5.02 Å². The highest BCUT2D eigenvalue weighted by Gasteiger charge is 2.66. The Morgan fingerprint density at radius 3 is 2.91 bits per heavy atom. The van der Waals surface area contributed by atoms with Crippen molar-refractivity contribution in [1.82, 2.24) is 25.1 Å². The van der Waals surface area contributed by atoms with Crippen LogP contribution < -0.4 is 10.6 Å². The van der Waals surface area contributed by atoms with E-state index in [1.165, 1.54) is 6.07 Å². The number of hydrogen-bond acceptors (Lipinski definition) is 5. The van der Waals surface area contributed by atoms with Crippen LogP contribution >= 0.6 is 11.6 Å². The fourth-order valence-electron chi connectivity index (χ4n) is 6.25. The van der Waals surface area contributed by atoms with Crippen LogP contribution in [0.25, 0.3) is 33.3 Å². The van der Waals surface area contributed by atoms with Crippen molar-refractivity contribution in [1.29, 1.82) is 0 Å². The molecule has 4 N–H and O–H groups in total. The number of nitrogens with zero attached hydrogens (tertiary/aromatic N) is 4. The number of piperidine rings is 1. The molecule has 4 heterocycles. The molecule has 1 aliphatic heterocycles. The van der Waals surface area contributed by atoms with Gasteiger partial charge in [-0.1, -0.05) is 29.8 Å². The first-order chi connectivity index (χ1) is 17.1. The Balaban J connectivity index is 1.20. The lowest BCUT2D eigenvalue weighted by Crippen LogP contribution is -2.32. The molecule has 7 nitrogen and oxygen atoms in total. The molecule has 0 radical (unpaired) electrons. The number of rotatable bonds is 4. The number of aromatic amines is 2. The molecule has 2 aromatic carbocycles. The van der Waals surface area contributed by atoms with Gasteiger partial charge in [0.2, 0.25) is 0 Å². The first kappa shape index (κ1) is 20.8. The van der Waals surface area contributed by atoms with E-state index >= 15 is 0 Å². The topological polar surface area (TPSA) is 99.5 Å². The van der Waals surface area contributed by atoms with Gasteiger partial charge in [-0.15, -0.1) is 0 Å². The minimum Gasteiger partial charge on any atom is -0.361 e. The van der Waals surface area contributed by atoms with Crippen LogP contribution in [0.3, 0.4) is 0 Å². The van der Waals surface area contributed by atoms with Gasteiger partial charge < -0.3 is 15.6 Å². The smallest absolute Gasteiger partial charge is 0.177 e. The summed E-state index contributed by atoms with van der Waals surface area (Å²) in [5.41, 5.74) is 10.4. The largest absolute Gasteiger partial charge is 0.361 e. The van der Waals surface area contributed by atoms with Crippen LogP contribution in [-0.4, -0.2) is 44.8 Å². The molecule has 0 spiro atoms. The fraction of sp³-hybridized carbons (Fsp3) is 0.269. The average molecular weight is 488 g/mol. The third-order valence-corrected chi connectivity index (χ3v) is 8.45. The molecule has 1 aliphatic carbocycles. The molecule has 35 heavy (non-hydrogen) atoms. The molecule has 3 atom stereocenters. The van der Waals surface area contributed by atoms with Crippen LogP contribution in [0.4, 0.5) is 10.2 Å². The number of halogens is 2. The zero-order valence-corrected chi connectivity index (χ0v) is 19.6. The monoisotopic (exact) mass is 487 g/mol. The number of aromatic nitrogens is 5. The highest BCUT2D eigenvalue weighted by Crippen LogP contribution is 2.63. The number of benzene rings is 2. The summed E-state index contributed by atoms with van der Waals surface area (Å²) in [5, 5.41) is 9.09. The van der Waals surface area contributed by atoms with Crippen LogP contribution in [0, 0.1) is 17.7 Å². The summed E-state index contributed by atoms with van der Waals surface area (Å²) in [7, 11) is 0. The molecule has 2 aliphatic rings. The maximum absolute atomic E-state index is 14.7. The van der Waals surface area contributed by atoms with Crippen molar-refractivity contribution < 1.29 is 4.39 Å². The Kier molecular flexibility index (Phi) is 4.47. The summed E-state index contributed by atoms with van der Waals surface area (Å²) in [4.78, 5) is 15.0. The average Bonchev–Trinajstić information content (AvgIpc) is 3.18. The van der Waals surface area contributed by atoms with Crippen molar-refractivity contribution in [3.63, 3.8) is 0 Å². The van der Waals surface area contributed by atoms with E-state index in [4.69, 9.17) is 27.3 Å². The van der Waals surface area contributed by atoms with Gasteiger partial charge in [-0.3, -0.25) is 5.10 Å². The second-order valence-electron chi connectivity index (χ2n) is 9.54. The van der Waals surface area contributed by atoms with Crippen molar-refractivity contribution >= 4 is 39.5 Å². The van der Waals surface area contributed by atoms with Crippen LogP contribution in [0.1, 0.15) is 12.0 Å². The van der Waals surface area contributed by atoms with Crippen LogP contribution in [-0.2, 0) is 5.41 Å². The maximum atomic E-state index is 14.7. The first-order valence-corrected chi connectivity index (χ1v) is 12.2. The van der Waals surface area contributed by atoms with Gasteiger partial charge in [-0.25, -0.2) is 14.4 Å². The standard InChI is InChI=1S/C26H23ClFN7/c27-22-14-7-9-30-20(14)6-5-15(22)23-24-25(34-33-23)32-21(11-31-24)35-10-8-16-18(12-35)26(16,13-29)17-3-1-2-4-19(17)28/h1-7,9,11,16,18,30H,8,10,12-13,29H2,(H,32,33,34)/t16-,18+,26-/m1/s1. The molecule has 1 saturated heterocycles. The van der Waals surface area contributed by atoms with E-state index in [0.29, 0.717) is 40.3 Å². The number of nitrogens with two attached hydrogens (primary N) is 1. The van der Waals surface area contributed by atoms with Gasteiger partial charge in [0.05, 0.1) is 11.2 Å². The predicted molar refractivity (Wildman–Crippen MR) is 135 cm³/mol. The predicted octanol–water partition coefficient (Wildman–Crippen LogP) is 4.65. The number of hydrogen-bond donors (Lipinski definition) is 3. The van der Waals surface area contributed by atoms with E-state index in [9.17, 15) is 4.39 Å². The zero-order valence-electron chi connectivity index (χ0n) is 18.8. The SMILES string of the molecule is NC[C@]1(c2ccccc2F)[C@@H]2CCN(c3cnc4c(-c5ccc6[nH]ccc6c5Cl)n[nH]c4n3)C[C@@H]21. The third kappa shape index (κ3) is 2.90. The third-order valence-electron chi connectivity index (χ3n) is 8.05. The molecule has 1 saturated carbocycles. The van der Waals surface area contributed by atoms with Gasteiger partial charge in [0.15, 0.2) is 5.65 Å². The Morgan fingerprint density at radius 2 is 2.06 bits per heavy atom. The molecule has 0 bridgehead atoms. The summed E-state index contributed by atoms with van der Waals surface area (Å²) in [6.07, 6.45) is 4.60. The van der Waals surface area contributed by atoms with Crippen molar-refractivity contribution in [2.45, 2.75) is 11.8 Å². The van der Waals surface area contributed by atoms with Gasteiger partial charge in [-0.05, 0) is 48.1 Å². The van der Waals surface area contributed by atoms with E-state index in [-0.39, 0.29) is 11.2 Å². The fourth-order valence-corrected chi connectivity index (χ4v) is 6.57. The second kappa shape index (κ2) is 7.50. The maximum Gasteiger partial charge on any atom is 0.177 e. The van der Waals surface area contributed by atoms with Crippen molar-refractivity contribution in [2.75, 3.05) is 24.5 Å². The van der Waals surface area contributed by atoms with E-state index < -0.39 is 0 Å². The second-order valence-corrected chi connectivity index (χ2v) is 9.91. The Hall–Kier alpha value is -3.49. The molecule has 0 amide bonds. The quantitative estimate of drug-likeness (QED) is 0.343. The zero-order chi connectivity index (χ0) is 23.7. The molecular weight excluding hydrogens is 465 g/mol. The highest BCUT2D eigenvalue weighted by molar-refractivity contribution is 6.38. The Morgan fingerprint density at radius 1 is 1.17 bits per heavy atom. The molecule has 0 unspecified atom stereocenters. The molecule has 3 aromatic heterocycles. The van der Waals surface area contributed by atoms with E-state index in [0.717, 1.165) is 47.4 Å². The summed E-state index contributed by atoms with van der Waals surface area (Å²) in [5.74, 6) is 1.30. The van der Waals surface area contributed by atoms with Crippen LogP contribution in [0.5, 0.6) is 0 Å². The number of H-pyrrole nitrogens is 2. The van der Waals surface area contributed by atoms with E-state index in [2.05, 4.69) is 20.1 Å². The van der Waals surface area contributed by atoms with Crippen molar-refractivity contribution in [3.05, 3.63) is 71.3 Å². The lowest BCUT2D eigenvalue weighted by Gasteiger charge is -2.26. The van der Waals surface area contributed by atoms with E-state index in [1.54, 1.807) is 12.3 Å².